The second-order valence-electron chi connectivity index (χ2n) is 6.89. The molecule has 1 fully saturated rings. The summed E-state index contributed by atoms with van der Waals surface area (Å²) in [7, 11) is 0. The third-order valence-corrected chi connectivity index (χ3v) is 5.22. The Morgan fingerprint density at radius 3 is 2.82 bits per heavy atom. The van der Waals surface area contributed by atoms with Crippen molar-refractivity contribution < 1.29 is 24.2 Å². The summed E-state index contributed by atoms with van der Waals surface area (Å²) < 4.78 is 11.1. The van der Waals surface area contributed by atoms with Crippen molar-refractivity contribution in [1.82, 2.24) is 0 Å². The van der Waals surface area contributed by atoms with Crippen LogP contribution in [0.15, 0.2) is 23.3 Å². The van der Waals surface area contributed by atoms with Crippen LogP contribution in [0.2, 0.25) is 0 Å². The smallest absolute Gasteiger partial charge is 0.309 e. The molecule has 0 radical (unpaired) electrons. The largest absolute Gasteiger partial charge is 0.462 e. The second kappa shape index (κ2) is 4.95. The molecule has 22 heavy (non-hydrogen) atoms. The molecule has 2 aliphatic carbocycles. The highest BCUT2D eigenvalue weighted by Gasteiger charge is 2.57. The molecule has 120 valence electrons. The van der Waals surface area contributed by atoms with Gasteiger partial charge in [-0.2, -0.15) is 0 Å². The summed E-state index contributed by atoms with van der Waals surface area (Å²) in [5.41, 5.74) is 1.01. The van der Waals surface area contributed by atoms with Crippen LogP contribution in [0.4, 0.5) is 0 Å². The van der Waals surface area contributed by atoms with Gasteiger partial charge in [0.15, 0.2) is 0 Å². The fourth-order valence-corrected chi connectivity index (χ4v) is 4.17. The van der Waals surface area contributed by atoms with Crippen molar-refractivity contribution in [3.63, 3.8) is 0 Å². The summed E-state index contributed by atoms with van der Waals surface area (Å²) in [6.45, 7) is 6.90. The number of carbonyl (C=O) groups is 2. The maximum absolute atomic E-state index is 12.1. The SMILES string of the molecule is CC(=O)OC1CC(C)=C2C=C[C@@](C)(O)C2C2OC(=O)C(C)C12. The van der Waals surface area contributed by atoms with E-state index in [1.165, 1.54) is 6.92 Å². The molecule has 0 saturated carbocycles. The van der Waals surface area contributed by atoms with Gasteiger partial charge >= 0.3 is 11.9 Å². The fourth-order valence-electron chi connectivity index (χ4n) is 4.17. The number of hydrogen-bond donors (Lipinski definition) is 1. The molecule has 1 aliphatic heterocycles. The highest BCUT2D eigenvalue weighted by molar-refractivity contribution is 5.75. The molecular formula is C17H22O5. The zero-order valence-corrected chi connectivity index (χ0v) is 13.3. The Labute approximate surface area is 130 Å². The third-order valence-electron chi connectivity index (χ3n) is 5.22. The van der Waals surface area contributed by atoms with Crippen LogP contribution < -0.4 is 0 Å². The number of fused-ring (bicyclic) bond motifs is 3. The molecule has 1 heterocycles. The van der Waals surface area contributed by atoms with Gasteiger partial charge < -0.3 is 14.6 Å². The summed E-state index contributed by atoms with van der Waals surface area (Å²) >= 11 is 0. The van der Waals surface area contributed by atoms with E-state index in [1.807, 2.05) is 13.0 Å². The van der Waals surface area contributed by atoms with Crippen LogP contribution >= 0.6 is 0 Å². The zero-order chi connectivity index (χ0) is 16.2. The fraction of sp³-hybridized carbons (Fsp3) is 0.647. The maximum atomic E-state index is 12.1. The predicted molar refractivity (Wildman–Crippen MR) is 78.7 cm³/mol. The minimum absolute atomic E-state index is 0.236. The quantitative estimate of drug-likeness (QED) is 0.747. The Bertz CT molecular complexity index is 586. The average Bonchev–Trinajstić information content (AvgIpc) is 2.81. The molecule has 0 spiro atoms. The first-order chi connectivity index (χ1) is 10.2. The lowest BCUT2D eigenvalue weighted by Crippen LogP contribution is -2.44. The van der Waals surface area contributed by atoms with Gasteiger partial charge in [-0.05, 0) is 19.4 Å². The lowest BCUT2D eigenvalue weighted by molar-refractivity contribution is -0.151. The van der Waals surface area contributed by atoms with E-state index in [0.29, 0.717) is 6.42 Å². The summed E-state index contributed by atoms with van der Waals surface area (Å²) in [4.78, 5) is 23.5. The first-order valence-corrected chi connectivity index (χ1v) is 7.71. The topological polar surface area (TPSA) is 72.8 Å². The maximum Gasteiger partial charge on any atom is 0.309 e. The monoisotopic (exact) mass is 306 g/mol. The molecule has 3 aliphatic rings. The first kappa shape index (κ1) is 15.3. The van der Waals surface area contributed by atoms with E-state index in [4.69, 9.17) is 9.47 Å². The van der Waals surface area contributed by atoms with Crippen LogP contribution in [0.3, 0.4) is 0 Å². The van der Waals surface area contributed by atoms with Gasteiger partial charge in [-0.25, -0.2) is 0 Å². The summed E-state index contributed by atoms with van der Waals surface area (Å²) in [5.74, 6) is -1.53. The van der Waals surface area contributed by atoms with Gasteiger partial charge in [0.05, 0.1) is 17.4 Å². The molecular weight excluding hydrogens is 284 g/mol. The molecule has 0 aromatic rings. The van der Waals surface area contributed by atoms with E-state index in [1.54, 1.807) is 19.9 Å². The van der Waals surface area contributed by atoms with E-state index >= 15 is 0 Å². The average molecular weight is 306 g/mol. The van der Waals surface area contributed by atoms with E-state index < -0.39 is 17.8 Å². The van der Waals surface area contributed by atoms with Gasteiger partial charge in [-0.15, -0.1) is 0 Å². The predicted octanol–water partition coefficient (Wildman–Crippen LogP) is 1.75. The molecule has 5 unspecified atom stereocenters. The van der Waals surface area contributed by atoms with Crippen molar-refractivity contribution in [3.8, 4) is 0 Å². The Morgan fingerprint density at radius 1 is 1.50 bits per heavy atom. The van der Waals surface area contributed by atoms with Gasteiger partial charge in [-0.1, -0.05) is 24.6 Å². The van der Waals surface area contributed by atoms with Crippen LogP contribution in [0.1, 0.15) is 34.1 Å². The molecule has 0 amide bonds. The van der Waals surface area contributed by atoms with E-state index in [2.05, 4.69) is 0 Å². The molecule has 5 heteroatoms. The minimum atomic E-state index is -1.06. The van der Waals surface area contributed by atoms with Crippen molar-refractivity contribution in [3.05, 3.63) is 23.3 Å². The van der Waals surface area contributed by atoms with Crippen LogP contribution in [-0.2, 0) is 19.1 Å². The van der Waals surface area contributed by atoms with E-state index in [9.17, 15) is 14.7 Å². The highest BCUT2D eigenvalue weighted by Crippen LogP contribution is 2.50. The summed E-state index contributed by atoms with van der Waals surface area (Å²) in [5, 5.41) is 10.7. The van der Waals surface area contributed by atoms with E-state index in [-0.39, 0.29) is 29.7 Å². The van der Waals surface area contributed by atoms with Gasteiger partial charge in [0, 0.05) is 19.3 Å². The Kier molecular flexibility index (Phi) is 3.44. The molecule has 1 saturated heterocycles. The lowest BCUT2D eigenvalue weighted by atomic mass is 9.76. The Morgan fingerprint density at radius 2 is 2.18 bits per heavy atom. The van der Waals surface area contributed by atoms with E-state index in [0.717, 1.165) is 11.1 Å². The summed E-state index contributed by atoms with van der Waals surface area (Å²) in [6, 6.07) is 0. The molecule has 5 nitrogen and oxygen atoms in total. The highest BCUT2D eigenvalue weighted by atomic mass is 16.6. The Hall–Kier alpha value is -1.62. The number of ether oxygens (including phenoxy) is 2. The van der Waals surface area contributed by atoms with Crippen LogP contribution in [0, 0.1) is 17.8 Å². The van der Waals surface area contributed by atoms with Crippen LogP contribution in [0.5, 0.6) is 0 Å². The number of hydrogen-bond acceptors (Lipinski definition) is 5. The number of carbonyl (C=O) groups excluding carboxylic acids is 2. The van der Waals surface area contributed by atoms with Gasteiger partial charge in [0.1, 0.15) is 12.2 Å². The number of allylic oxidation sites excluding steroid dienone is 1. The number of aliphatic hydroxyl groups is 1. The molecule has 0 aromatic carbocycles. The van der Waals surface area contributed by atoms with Gasteiger partial charge in [0.2, 0.25) is 0 Å². The van der Waals surface area contributed by atoms with Gasteiger partial charge in [-0.3, -0.25) is 9.59 Å². The number of esters is 2. The standard InChI is InChI=1S/C17H22O5/c1-8-7-12(21-10(3)18)13-9(2)16(19)22-15(13)14-11(8)5-6-17(14,4)20/h5-6,9,12-15,20H,7H2,1-4H3/t9?,12?,13?,14?,15?,17-/m1/s1. The van der Waals surface area contributed by atoms with Crippen molar-refractivity contribution in [1.29, 1.82) is 0 Å². The summed E-state index contributed by atoms with van der Waals surface area (Å²) in [6.07, 6.45) is 3.37. The Balaban J connectivity index is 2.07. The van der Waals surface area contributed by atoms with Crippen LogP contribution in [-0.4, -0.2) is 34.9 Å². The van der Waals surface area contributed by atoms with Gasteiger partial charge in [0.25, 0.3) is 0 Å². The molecule has 6 atom stereocenters. The third kappa shape index (κ3) is 2.19. The lowest BCUT2D eigenvalue weighted by Gasteiger charge is -2.34. The number of rotatable bonds is 1. The van der Waals surface area contributed by atoms with Crippen molar-refractivity contribution in [2.75, 3.05) is 0 Å². The van der Waals surface area contributed by atoms with Crippen molar-refractivity contribution in [2.45, 2.75) is 51.9 Å². The van der Waals surface area contributed by atoms with Crippen LogP contribution in [0.25, 0.3) is 0 Å². The van der Waals surface area contributed by atoms with Crippen molar-refractivity contribution >= 4 is 11.9 Å². The van der Waals surface area contributed by atoms with Crippen molar-refractivity contribution in [2.24, 2.45) is 17.8 Å². The normalized spacial score (nSPS) is 43.5. The minimum Gasteiger partial charge on any atom is -0.462 e. The molecule has 1 N–H and O–H groups in total. The molecule has 0 bridgehead atoms. The molecule has 0 aromatic heterocycles. The zero-order valence-electron chi connectivity index (χ0n) is 13.3. The first-order valence-electron chi connectivity index (χ1n) is 7.71. The molecule has 3 rings (SSSR count). The second-order valence-corrected chi connectivity index (χ2v) is 6.89.